The normalized spacial score (nSPS) is 10.9. The standard InChI is InChI=1S/C24H20BrFN4O2S/c1-14-6-8-20(15(2)10-14)30-23(19-11-16(25)7-9-21(19)31)28-29-24(30)33-13-22(32)27-18-5-3-4-17(26)12-18/h3-12,31H,13H2,1-2H3,(H,27,32). The first kappa shape index (κ1) is 23.0. The van der Waals surface area contributed by atoms with Crippen molar-refractivity contribution in [3.63, 3.8) is 0 Å². The monoisotopic (exact) mass is 526 g/mol. The van der Waals surface area contributed by atoms with E-state index in [9.17, 15) is 14.3 Å². The predicted octanol–water partition coefficient (Wildman–Crippen LogP) is 5.89. The van der Waals surface area contributed by atoms with E-state index < -0.39 is 5.82 Å². The summed E-state index contributed by atoms with van der Waals surface area (Å²) in [5.41, 5.74) is 3.84. The number of nitrogens with zero attached hydrogens (tertiary/aromatic N) is 3. The van der Waals surface area contributed by atoms with Gasteiger partial charge < -0.3 is 10.4 Å². The van der Waals surface area contributed by atoms with Gasteiger partial charge in [-0.25, -0.2) is 4.39 Å². The molecule has 0 unspecified atom stereocenters. The molecule has 6 nitrogen and oxygen atoms in total. The smallest absolute Gasteiger partial charge is 0.234 e. The summed E-state index contributed by atoms with van der Waals surface area (Å²) in [6.45, 7) is 3.99. The highest BCUT2D eigenvalue weighted by Gasteiger charge is 2.21. The zero-order valence-corrected chi connectivity index (χ0v) is 20.2. The van der Waals surface area contributed by atoms with Gasteiger partial charge in [0.25, 0.3) is 0 Å². The maximum absolute atomic E-state index is 13.4. The van der Waals surface area contributed by atoms with E-state index in [-0.39, 0.29) is 17.4 Å². The maximum atomic E-state index is 13.4. The van der Waals surface area contributed by atoms with E-state index in [0.29, 0.717) is 22.2 Å². The van der Waals surface area contributed by atoms with E-state index in [1.807, 2.05) is 36.6 Å². The summed E-state index contributed by atoms with van der Waals surface area (Å²) in [7, 11) is 0. The van der Waals surface area contributed by atoms with Crippen LogP contribution in [0.25, 0.3) is 17.1 Å². The Kier molecular flexibility index (Phi) is 6.80. The molecule has 0 saturated heterocycles. The molecule has 0 atom stereocenters. The number of carbonyl (C=O) groups is 1. The first-order valence-electron chi connectivity index (χ1n) is 10.0. The molecule has 0 spiro atoms. The first-order chi connectivity index (χ1) is 15.8. The average Bonchev–Trinajstić information content (AvgIpc) is 3.17. The molecule has 0 fully saturated rings. The Hall–Kier alpha value is -3.17. The third-order valence-electron chi connectivity index (χ3n) is 4.87. The van der Waals surface area contributed by atoms with Crippen LogP contribution in [0.1, 0.15) is 11.1 Å². The van der Waals surface area contributed by atoms with Gasteiger partial charge in [0.1, 0.15) is 11.6 Å². The number of aryl methyl sites for hydroxylation is 2. The molecular formula is C24H20BrFN4O2S. The number of phenolic OH excluding ortho intramolecular Hbond substituents is 1. The summed E-state index contributed by atoms with van der Waals surface area (Å²) >= 11 is 4.64. The predicted molar refractivity (Wildman–Crippen MR) is 131 cm³/mol. The van der Waals surface area contributed by atoms with Gasteiger partial charge >= 0.3 is 0 Å². The minimum Gasteiger partial charge on any atom is -0.507 e. The zero-order valence-electron chi connectivity index (χ0n) is 17.8. The van der Waals surface area contributed by atoms with Crippen molar-refractivity contribution in [3.8, 4) is 22.8 Å². The van der Waals surface area contributed by atoms with Crippen LogP contribution in [0.5, 0.6) is 5.75 Å². The van der Waals surface area contributed by atoms with E-state index in [1.54, 1.807) is 24.3 Å². The molecule has 0 saturated carbocycles. The Labute approximate surface area is 203 Å². The number of aromatic nitrogens is 3. The van der Waals surface area contributed by atoms with Gasteiger partial charge in [-0.3, -0.25) is 9.36 Å². The Balaban J connectivity index is 1.68. The lowest BCUT2D eigenvalue weighted by molar-refractivity contribution is -0.113. The number of aromatic hydroxyl groups is 1. The molecule has 33 heavy (non-hydrogen) atoms. The lowest BCUT2D eigenvalue weighted by Gasteiger charge is -2.14. The average molecular weight is 527 g/mol. The molecule has 4 rings (SSSR count). The molecule has 1 amide bonds. The van der Waals surface area contributed by atoms with Gasteiger partial charge in [-0.15, -0.1) is 10.2 Å². The van der Waals surface area contributed by atoms with Crippen LogP contribution < -0.4 is 5.32 Å². The molecule has 0 aliphatic rings. The van der Waals surface area contributed by atoms with Crippen LogP contribution in [0.2, 0.25) is 0 Å². The second-order valence-corrected chi connectivity index (χ2v) is 9.30. The topological polar surface area (TPSA) is 80.0 Å². The van der Waals surface area contributed by atoms with Gasteiger partial charge in [-0.05, 0) is 61.9 Å². The van der Waals surface area contributed by atoms with Crippen molar-refractivity contribution < 1.29 is 14.3 Å². The molecular weight excluding hydrogens is 507 g/mol. The second kappa shape index (κ2) is 9.76. The maximum Gasteiger partial charge on any atom is 0.234 e. The number of anilines is 1. The third kappa shape index (κ3) is 5.26. The summed E-state index contributed by atoms with van der Waals surface area (Å²) < 4.78 is 16.0. The summed E-state index contributed by atoms with van der Waals surface area (Å²) in [6, 6.07) is 16.8. The Bertz CT molecular complexity index is 1340. The third-order valence-corrected chi connectivity index (χ3v) is 6.29. The molecule has 3 aromatic carbocycles. The fourth-order valence-corrected chi connectivity index (χ4v) is 4.50. The van der Waals surface area contributed by atoms with Crippen LogP contribution in [-0.2, 0) is 4.79 Å². The van der Waals surface area contributed by atoms with Crippen molar-refractivity contribution in [2.75, 3.05) is 11.1 Å². The fourth-order valence-electron chi connectivity index (χ4n) is 3.39. The molecule has 4 aromatic rings. The SMILES string of the molecule is Cc1ccc(-n2c(SCC(=O)Nc3cccc(F)c3)nnc2-c2cc(Br)ccc2O)c(C)c1. The van der Waals surface area contributed by atoms with Crippen LogP contribution in [0.3, 0.4) is 0 Å². The molecule has 9 heteroatoms. The number of carbonyl (C=O) groups excluding carboxylic acids is 1. The van der Waals surface area contributed by atoms with E-state index >= 15 is 0 Å². The van der Waals surface area contributed by atoms with Crippen LogP contribution in [0.15, 0.2) is 70.3 Å². The second-order valence-electron chi connectivity index (χ2n) is 7.44. The lowest BCUT2D eigenvalue weighted by atomic mass is 10.1. The van der Waals surface area contributed by atoms with Crippen molar-refractivity contribution in [2.45, 2.75) is 19.0 Å². The number of hydrogen-bond donors (Lipinski definition) is 2. The van der Waals surface area contributed by atoms with Crippen molar-refractivity contribution >= 4 is 39.3 Å². The molecule has 0 aliphatic carbocycles. The number of rotatable bonds is 6. The van der Waals surface area contributed by atoms with Crippen LogP contribution >= 0.6 is 27.7 Å². The van der Waals surface area contributed by atoms with E-state index in [4.69, 9.17) is 0 Å². The van der Waals surface area contributed by atoms with E-state index in [2.05, 4.69) is 31.4 Å². The zero-order chi connectivity index (χ0) is 23.5. The summed E-state index contributed by atoms with van der Waals surface area (Å²) in [5.74, 6) is -0.156. The quantitative estimate of drug-likeness (QED) is 0.306. The lowest BCUT2D eigenvalue weighted by Crippen LogP contribution is -2.14. The summed E-state index contributed by atoms with van der Waals surface area (Å²) in [5, 5.41) is 22.3. The summed E-state index contributed by atoms with van der Waals surface area (Å²) in [4.78, 5) is 12.5. The fraction of sp³-hybridized carbons (Fsp3) is 0.125. The van der Waals surface area contributed by atoms with Gasteiger partial charge in [0.2, 0.25) is 5.91 Å². The van der Waals surface area contributed by atoms with E-state index in [1.165, 1.54) is 30.0 Å². The molecule has 0 aliphatic heterocycles. The number of halogens is 2. The highest BCUT2D eigenvalue weighted by Crippen LogP contribution is 2.35. The van der Waals surface area contributed by atoms with Crippen molar-refractivity contribution in [1.29, 1.82) is 0 Å². The molecule has 0 bridgehead atoms. The minimum atomic E-state index is -0.423. The Morgan fingerprint density at radius 1 is 1.12 bits per heavy atom. The van der Waals surface area contributed by atoms with Crippen molar-refractivity contribution in [3.05, 3.63) is 82.1 Å². The number of benzene rings is 3. The van der Waals surface area contributed by atoms with E-state index in [0.717, 1.165) is 21.3 Å². The number of hydrogen-bond acceptors (Lipinski definition) is 5. The highest BCUT2D eigenvalue weighted by molar-refractivity contribution is 9.10. The Morgan fingerprint density at radius 2 is 1.94 bits per heavy atom. The van der Waals surface area contributed by atoms with Gasteiger partial charge in [-0.1, -0.05) is 51.5 Å². The molecule has 1 heterocycles. The number of thioether (sulfide) groups is 1. The van der Waals surface area contributed by atoms with Gasteiger partial charge in [-0.2, -0.15) is 0 Å². The molecule has 168 valence electrons. The van der Waals surface area contributed by atoms with Crippen LogP contribution in [0, 0.1) is 19.7 Å². The van der Waals surface area contributed by atoms with Crippen molar-refractivity contribution in [2.24, 2.45) is 0 Å². The molecule has 2 N–H and O–H groups in total. The number of amides is 1. The first-order valence-corrected chi connectivity index (χ1v) is 11.8. The highest BCUT2D eigenvalue weighted by atomic mass is 79.9. The van der Waals surface area contributed by atoms with Gasteiger partial charge in [0.15, 0.2) is 11.0 Å². The Morgan fingerprint density at radius 3 is 2.70 bits per heavy atom. The van der Waals surface area contributed by atoms with Gasteiger partial charge in [0.05, 0.1) is 17.0 Å². The number of nitrogens with one attached hydrogen (secondary N) is 1. The molecule has 0 radical (unpaired) electrons. The van der Waals surface area contributed by atoms with Crippen LogP contribution in [0.4, 0.5) is 10.1 Å². The number of phenols is 1. The van der Waals surface area contributed by atoms with Crippen molar-refractivity contribution in [1.82, 2.24) is 14.8 Å². The summed E-state index contributed by atoms with van der Waals surface area (Å²) in [6.07, 6.45) is 0. The van der Waals surface area contributed by atoms with Crippen LogP contribution in [-0.4, -0.2) is 31.5 Å². The molecule has 1 aromatic heterocycles. The van der Waals surface area contributed by atoms with Gasteiger partial charge in [0, 0.05) is 10.2 Å². The largest absolute Gasteiger partial charge is 0.507 e. The minimum absolute atomic E-state index is 0.0457.